The molecule has 0 spiro atoms. The standard InChI is InChI=1S/C13H17N3O2S/c1-4-9-5-16(13(18)15-11(9)17)6-10-7-19-12(14-10)8(2)3/h5,7-8H,4,6H2,1-3H3,(H,15,17,18). The molecule has 0 saturated heterocycles. The number of H-pyrrole nitrogens is 1. The minimum absolute atomic E-state index is 0.301. The molecule has 1 N–H and O–H groups in total. The van der Waals surface area contributed by atoms with Crippen molar-refractivity contribution < 1.29 is 0 Å². The second-order valence-corrected chi connectivity index (χ2v) is 5.62. The average molecular weight is 279 g/mol. The SMILES string of the molecule is CCc1cn(Cc2csc(C(C)C)n2)c(=O)[nH]c1=O. The first kappa shape index (κ1) is 13.7. The Morgan fingerprint density at radius 2 is 2.16 bits per heavy atom. The van der Waals surface area contributed by atoms with E-state index in [1.807, 2.05) is 12.3 Å². The van der Waals surface area contributed by atoms with E-state index in [0.29, 0.717) is 24.4 Å². The van der Waals surface area contributed by atoms with Crippen molar-refractivity contribution in [2.75, 3.05) is 0 Å². The van der Waals surface area contributed by atoms with Crippen LogP contribution >= 0.6 is 11.3 Å². The van der Waals surface area contributed by atoms with Crippen LogP contribution in [0.5, 0.6) is 0 Å². The van der Waals surface area contributed by atoms with Gasteiger partial charge in [-0.25, -0.2) is 9.78 Å². The third-order valence-corrected chi connectivity index (χ3v) is 4.06. The number of aromatic amines is 1. The largest absolute Gasteiger partial charge is 0.328 e. The van der Waals surface area contributed by atoms with E-state index in [0.717, 1.165) is 10.7 Å². The normalized spacial score (nSPS) is 11.2. The molecule has 2 aromatic rings. The van der Waals surface area contributed by atoms with Crippen LogP contribution in [-0.2, 0) is 13.0 Å². The predicted octanol–water partition coefficient (Wildman–Crippen LogP) is 1.73. The first-order valence-electron chi connectivity index (χ1n) is 6.28. The van der Waals surface area contributed by atoms with Crippen LogP contribution in [0.15, 0.2) is 21.2 Å². The summed E-state index contributed by atoms with van der Waals surface area (Å²) in [7, 11) is 0. The number of aromatic nitrogens is 3. The molecule has 2 heterocycles. The monoisotopic (exact) mass is 279 g/mol. The second kappa shape index (κ2) is 5.52. The summed E-state index contributed by atoms with van der Waals surface area (Å²) < 4.78 is 1.50. The van der Waals surface area contributed by atoms with Crippen molar-refractivity contribution in [3.05, 3.63) is 48.7 Å². The van der Waals surface area contributed by atoms with Crippen molar-refractivity contribution in [1.29, 1.82) is 0 Å². The molecule has 0 aliphatic rings. The molecule has 2 rings (SSSR count). The molecule has 19 heavy (non-hydrogen) atoms. The highest BCUT2D eigenvalue weighted by Crippen LogP contribution is 2.19. The summed E-state index contributed by atoms with van der Waals surface area (Å²) >= 11 is 1.60. The van der Waals surface area contributed by atoms with Gasteiger partial charge in [-0.15, -0.1) is 11.3 Å². The summed E-state index contributed by atoms with van der Waals surface area (Å²) in [5.74, 6) is 0.386. The lowest BCUT2D eigenvalue weighted by atomic mass is 10.2. The molecule has 0 atom stereocenters. The molecular formula is C13H17N3O2S. The number of nitrogens with one attached hydrogen (secondary N) is 1. The highest BCUT2D eigenvalue weighted by Gasteiger charge is 2.08. The molecule has 0 saturated carbocycles. The summed E-state index contributed by atoms with van der Waals surface area (Å²) in [5, 5.41) is 3.02. The van der Waals surface area contributed by atoms with Gasteiger partial charge in [0.25, 0.3) is 5.56 Å². The van der Waals surface area contributed by atoms with Gasteiger partial charge in [0.1, 0.15) is 0 Å². The fraction of sp³-hybridized carbons (Fsp3) is 0.462. The van der Waals surface area contributed by atoms with Gasteiger partial charge in [-0.1, -0.05) is 20.8 Å². The van der Waals surface area contributed by atoms with E-state index >= 15 is 0 Å². The molecule has 102 valence electrons. The van der Waals surface area contributed by atoms with Crippen LogP contribution < -0.4 is 11.2 Å². The molecule has 0 bridgehead atoms. The van der Waals surface area contributed by atoms with Gasteiger partial charge in [-0.3, -0.25) is 14.3 Å². The molecule has 0 fully saturated rings. The minimum Gasteiger partial charge on any atom is -0.294 e. The third kappa shape index (κ3) is 3.01. The average Bonchev–Trinajstić information content (AvgIpc) is 2.81. The van der Waals surface area contributed by atoms with Gasteiger partial charge in [0.15, 0.2) is 0 Å². The summed E-state index contributed by atoms with van der Waals surface area (Å²) in [6, 6.07) is 0. The van der Waals surface area contributed by atoms with Crippen LogP contribution in [0.3, 0.4) is 0 Å². The lowest BCUT2D eigenvalue weighted by molar-refractivity contribution is 0.692. The molecule has 5 nitrogen and oxygen atoms in total. The van der Waals surface area contributed by atoms with Crippen molar-refractivity contribution in [2.24, 2.45) is 0 Å². The van der Waals surface area contributed by atoms with Gasteiger partial charge in [0.2, 0.25) is 0 Å². The Hall–Kier alpha value is -1.69. The Bertz CT molecular complexity index is 682. The molecule has 0 unspecified atom stereocenters. The van der Waals surface area contributed by atoms with Crippen molar-refractivity contribution in [2.45, 2.75) is 39.7 Å². The first-order chi connectivity index (χ1) is 9.01. The van der Waals surface area contributed by atoms with Gasteiger partial charge in [0.05, 0.1) is 17.2 Å². The van der Waals surface area contributed by atoms with Gasteiger partial charge in [-0.05, 0) is 6.42 Å². The number of aryl methyl sites for hydroxylation is 1. The van der Waals surface area contributed by atoms with Crippen LogP contribution in [0.4, 0.5) is 0 Å². The van der Waals surface area contributed by atoms with Gasteiger partial charge in [-0.2, -0.15) is 0 Å². The van der Waals surface area contributed by atoms with Crippen molar-refractivity contribution in [1.82, 2.24) is 14.5 Å². The minimum atomic E-state index is -0.388. The van der Waals surface area contributed by atoms with Crippen LogP contribution in [0.25, 0.3) is 0 Å². The van der Waals surface area contributed by atoms with E-state index in [4.69, 9.17) is 0 Å². The number of thiazole rings is 1. The zero-order chi connectivity index (χ0) is 14.0. The summed E-state index contributed by atoms with van der Waals surface area (Å²) in [6.45, 7) is 6.46. The quantitative estimate of drug-likeness (QED) is 0.926. The number of hydrogen-bond acceptors (Lipinski definition) is 4. The van der Waals surface area contributed by atoms with Gasteiger partial charge >= 0.3 is 5.69 Å². The molecule has 0 aromatic carbocycles. The highest BCUT2D eigenvalue weighted by molar-refractivity contribution is 7.09. The summed E-state index contributed by atoms with van der Waals surface area (Å²) in [5.41, 5.74) is 0.773. The summed E-state index contributed by atoms with van der Waals surface area (Å²) in [6.07, 6.45) is 2.22. The molecule has 0 aliphatic carbocycles. The second-order valence-electron chi connectivity index (χ2n) is 4.73. The van der Waals surface area contributed by atoms with Crippen LogP contribution in [0.1, 0.15) is 43.0 Å². The third-order valence-electron chi connectivity index (χ3n) is 2.86. The Kier molecular flexibility index (Phi) is 3.99. The maximum Gasteiger partial charge on any atom is 0.328 e. The van der Waals surface area contributed by atoms with Crippen LogP contribution in [0.2, 0.25) is 0 Å². The topological polar surface area (TPSA) is 67.8 Å². The number of rotatable bonds is 4. The van der Waals surface area contributed by atoms with E-state index < -0.39 is 0 Å². The fourth-order valence-electron chi connectivity index (χ4n) is 1.76. The lowest BCUT2D eigenvalue weighted by Gasteiger charge is -2.04. The fourth-order valence-corrected chi connectivity index (χ4v) is 2.58. The van der Waals surface area contributed by atoms with Crippen molar-refractivity contribution in [3.63, 3.8) is 0 Å². The van der Waals surface area contributed by atoms with Crippen LogP contribution in [-0.4, -0.2) is 14.5 Å². The zero-order valence-electron chi connectivity index (χ0n) is 11.3. The van der Waals surface area contributed by atoms with E-state index in [1.165, 1.54) is 4.57 Å². The Morgan fingerprint density at radius 3 is 2.74 bits per heavy atom. The van der Waals surface area contributed by atoms with Gasteiger partial charge < -0.3 is 0 Å². The Labute approximate surface area is 115 Å². The molecule has 6 heteroatoms. The molecule has 0 radical (unpaired) electrons. The van der Waals surface area contributed by atoms with Crippen molar-refractivity contribution in [3.8, 4) is 0 Å². The Balaban J connectivity index is 2.32. The van der Waals surface area contributed by atoms with E-state index in [9.17, 15) is 9.59 Å². The lowest BCUT2D eigenvalue weighted by Crippen LogP contribution is -2.31. The number of nitrogens with zero attached hydrogens (tertiary/aromatic N) is 2. The predicted molar refractivity (Wildman–Crippen MR) is 76.0 cm³/mol. The van der Waals surface area contributed by atoms with E-state index in [-0.39, 0.29) is 11.2 Å². The maximum absolute atomic E-state index is 11.7. The summed E-state index contributed by atoms with van der Waals surface area (Å²) in [4.78, 5) is 30.0. The number of hydrogen-bond donors (Lipinski definition) is 1. The van der Waals surface area contributed by atoms with Gasteiger partial charge in [0, 0.05) is 23.1 Å². The smallest absolute Gasteiger partial charge is 0.294 e. The molecule has 0 aliphatic heterocycles. The van der Waals surface area contributed by atoms with Crippen molar-refractivity contribution >= 4 is 11.3 Å². The van der Waals surface area contributed by atoms with E-state index in [2.05, 4.69) is 23.8 Å². The molecule has 2 aromatic heterocycles. The zero-order valence-corrected chi connectivity index (χ0v) is 12.1. The van der Waals surface area contributed by atoms with E-state index in [1.54, 1.807) is 17.5 Å². The highest BCUT2D eigenvalue weighted by atomic mass is 32.1. The Morgan fingerprint density at radius 1 is 1.42 bits per heavy atom. The molecule has 0 amide bonds. The van der Waals surface area contributed by atoms with Crippen LogP contribution in [0, 0.1) is 0 Å². The molecular weight excluding hydrogens is 262 g/mol. The first-order valence-corrected chi connectivity index (χ1v) is 7.16. The maximum atomic E-state index is 11.7.